The van der Waals surface area contributed by atoms with Gasteiger partial charge in [0.2, 0.25) is 0 Å². The molecule has 3 rings (SSSR count). The van der Waals surface area contributed by atoms with Crippen LogP contribution in [0.2, 0.25) is 0 Å². The maximum Gasteiger partial charge on any atom is 0.123 e. The van der Waals surface area contributed by atoms with Gasteiger partial charge >= 0.3 is 0 Å². The highest BCUT2D eigenvalue weighted by molar-refractivity contribution is 5.40. The number of aryl methyl sites for hydroxylation is 2. The topological polar surface area (TPSA) is 20.2 Å². The molecule has 104 valence electrons. The van der Waals surface area contributed by atoms with Crippen LogP contribution in [-0.4, -0.2) is 5.11 Å². The first kappa shape index (κ1) is 13.3. The van der Waals surface area contributed by atoms with Gasteiger partial charge in [0.05, 0.1) is 5.60 Å². The van der Waals surface area contributed by atoms with E-state index in [1.54, 1.807) is 12.1 Å². The van der Waals surface area contributed by atoms with Gasteiger partial charge < -0.3 is 5.11 Å². The highest BCUT2D eigenvalue weighted by atomic mass is 19.1. The molecule has 1 nitrogen and oxygen atoms in total. The molecule has 1 aliphatic carbocycles. The average Bonchev–Trinajstić information content (AvgIpc) is 2.71. The standard InChI is InChI=1S/C17H16F2O/c1-11-2-3-14(18)9-13(11)10-17(20)7-6-12-8-15(19)4-5-16(12)17/h2-5,8-9,20H,6-7,10H2,1H3. The Kier molecular flexibility index (Phi) is 3.09. The van der Waals surface area contributed by atoms with Gasteiger partial charge in [-0.2, -0.15) is 0 Å². The van der Waals surface area contributed by atoms with Gasteiger partial charge in [0, 0.05) is 6.42 Å². The molecule has 1 atom stereocenters. The number of fused-ring (bicyclic) bond motifs is 1. The normalized spacial score (nSPS) is 21.0. The Hall–Kier alpha value is -1.74. The molecule has 20 heavy (non-hydrogen) atoms. The van der Waals surface area contributed by atoms with Crippen molar-refractivity contribution in [2.45, 2.75) is 31.8 Å². The highest BCUT2D eigenvalue weighted by Crippen LogP contribution is 2.40. The predicted octanol–water partition coefficient (Wildman–Crippen LogP) is 3.65. The molecule has 1 N–H and O–H groups in total. The van der Waals surface area contributed by atoms with Crippen LogP contribution in [0.15, 0.2) is 36.4 Å². The third-order valence-electron chi connectivity index (χ3n) is 4.17. The lowest BCUT2D eigenvalue weighted by Gasteiger charge is -2.25. The summed E-state index contributed by atoms with van der Waals surface area (Å²) in [5.74, 6) is -0.582. The van der Waals surface area contributed by atoms with Gasteiger partial charge in [-0.25, -0.2) is 8.78 Å². The molecule has 0 heterocycles. The second kappa shape index (κ2) is 4.67. The quantitative estimate of drug-likeness (QED) is 0.886. The monoisotopic (exact) mass is 274 g/mol. The zero-order valence-corrected chi connectivity index (χ0v) is 11.3. The number of hydrogen-bond acceptors (Lipinski definition) is 1. The summed E-state index contributed by atoms with van der Waals surface area (Å²) in [5, 5.41) is 10.9. The van der Waals surface area contributed by atoms with Crippen LogP contribution < -0.4 is 0 Å². The lowest BCUT2D eigenvalue weighted by molar-refractivity contribution is 0.0387. The molecule has 1 unspecified atom stereocenters. The lowest BCUT2D eigenvalue weighted by Crippen LogP contribution is -2.25. The van der Waals surface area contributed by atoms with Crippen molar-refractivity contribution in [2.24, 2.45) is 0 Å². The Morgan fingerprint density at radius 1 is 1.10 bits per heavy atom. The zero-order chi connectivity index (χ0) is 14.3. The van der Waals surface area contributed by atoms with Crippen molar-refractivity contribution in [1.29, 1.82) is 0 Å². The molecular formula is C17H16F2O. The van der Waals surface area contributed by atoms with Crippen molar-refractivity contribution in [3.8, 4) is 0 Å². The summed E-state index contributed by atoms with van der Waals surface area (Å²) in [7, 11) is 0. The second-order valence-corrected chi connectivity index (χ2v) is 5.58. The maximum atomic E-state index is 13.4. The number of aliphatic hydroxyl groups is 1. The van der Waals surface area contributed by atoms with Crippen LogP contribution in [0.3, 0.4) is 0 Å². The first-order valence-electron chi connectivity index (χ1n) is 6.74. The average molecular weight is 274 g/mol. The van der Waals surface area contributed by atoms with Crippen LogP contribution in [0.4, 0.5) is 8.78 Å². The minimum atomic E-state index is -1.03. The Balaban J connectivity index is 1.98. The van der Waals surface area contributed by atoms with E-state index in [0.29, 0.717) is 19.3 Å². The smallest absolute Gasteiger partial charge is 0.123 e. The molecule has 0 aliphatic heterocycles. The molecule has 0 bridgehead atoms. The molecule has 0 aromatic heterocycles. The lowest BCUT2D eigenvalue weighted by atomic mass is 9.87. The Bertz CT molecular complexity index is 666. The van der Waals surface area contributed by atoms with Crippen molar-refractivity contribution in [3.05, 3.63) is 70.3 Å². The fraction of sp³-hybridized carbons (Fsp3) is 0.294. The van der Waals surface area contributed by atoms with E-state index in [1.807, 2.05) is 6.92 Å². The molecule has 2 aromatic rings. The Morgan fingerprint density at radius 3 is 2.60 bits per heavy atom. The summed E-state index contributed by atoms with van der Waals surface area (Å²) in [6.07, 6.45) is 1.55. The third-order valence-corrected chi connectivity index (χ3v) is 4.17. The van der Waals surface area contributed by atoms with E-state index < -0.39 is 5.60 Å². The van der Waals surface area contributed by atoms with E-state index in [1.165, 1.54) is 24.3 Å². The van der Waals surface area contributed by atoms with Gasteiger partial charge in [-0.1, -0.05) is 12.1 Å². The van der Waals surface area contributed by atoms with E-state index in [4.69, 9.17) is 0 Å². The van der Waals surface area contributed by atoms with E-state index in [0.717, 1.165) is 22.3 Å². The second-order valence-electron chi connectivity index (χ2n) is 5.58. The predicted molar refractivity (Wildman–Crippen MR) is 73.5 cm³/mol. The van der Waals surface area contributed by atoms with E-state index in [9.17, 15) is 13.9 Å². The van der Waals surface area contributed by atoms with Crippen LogP contribution in [0.25, 0.3) is 0 Å². The molecule has 1 aliphatic rings. The Labute approximate surface area is 116 Å². The molecule has 3 heteroatoms. The van der Waals surface area contributed by atoms with E-state index in [2.05, 4.69) is 0 Å². The summed E-state index contributed by atoms with van der Waals surface area (Å²) in [6, 6.07) is 9.09. The number of hydrogen-bond donors (Lipinski definition) is 1. The van der Waals surface area contributed by atoms with Gasteiger partial charge in [0.15, 0.2) is 0 Å². The molecule has 0 spiro atoms. The minimum absolute atomic E-state index is 0.282. The molecule has 0 saturated carbocycles. The van der Waals surface area contributed by atoms with Crippen molar-refractivity contribution in [1.82, 2.24) is 0 Å². The first-order chi connectivity index (χ1) is 9.48. The zero-order valence-electron chi connectivity index (χ0n) is 11.3. The summed E-state index contributed by atoms with van der Waals surface area (Å²) < 4.78 is 26.6. The van der Waals surface area contributed by atoms with Crippen LogP contribution in [0.5, 0.6) is 0 Å². The van der Waals surface area contributed by atoms with Gasteiger partial charge in [-0.3, -0.25) is 0 Å². The molecule has 0 fully saturated rings. The van der Waals surface area contributed by atoms with Gasteiger partial charge in [0.25, 0.3) is 0 Å². The van der Waals surface area contributed by atoms with Gasteiger partial charge in [0.1, 0.15) is 11.6 Å². The van der Waals surface area contributed by atoms with Crippen molar-refractivity contribution in [3.63, 3.8) is 0 Å². The van der Waals surface area contributed by atoms with Crippen LogP contribution in [-0.2, 0) is 18.4 Å². The van der Waals surface area contributed by atoms with Crippen molar-refractivity contribution in [2.75, 3.05) is 0 Å². The highest BCUT2D eigenvalue weighted by Gasteiger charge is 2.37. The van der Waals surface area contributed by atoms with Crippen LogP contribution >= 0.6 is 0 Å². The van der Waals surface area contributed by atoms with Crippen LogP contribution in [0.1, 0.15) is 28.7 Å². The molecular weight excluding hydrogens is 258 g/mol. The third kappa shape index (κ3) is 2.22. The van der Waals surface area contributed by atoms with Gasteiger partial charge in [-0.15, -0.1) is 0 Å². The summed E-state index contributed by atoms with van der Waals surface area (Å²) in [5.41, 5.74) is 2.34. The van der Waals surface area contributed by atoms with Crippen molar-refractivity contribution < 1.29 is 13.9 Å². The summed E-state index contributed by atoms with van der Waals surface area (Å²) in [6.45, 7) is 1.90. The number of benzene rings is 2. The van der Waals surface area contributed by atoms with E-state index in [-0.39, 0.29) is 11.6 Å². The Morgan fingerprint density at radius 2 is 1.80 bits per heavy atom. The fourth-order valence-corrected chi connectivity index (χ4v) is 3.03. The maximum absolute atomic E-state index is 13.4. The van der Waals surface area contributed by atoms with E-state index >= 15 is 0 Å². The van der Waals surface area contributed by atoms with Gasteiger partial charge in [-0.05, 0) is 66.3 Å². The minimum Gasteiger partial charge on any atom is -0.385 e. The fourth-order valence-electron chi connectivity index (χ4n) is 3.03. The number of rotatable bonds is 2. The first-order valence-corrected chi connectivity index (χ1v) is 6.74. The molecule has 0 saturated heterocycles. The molecule has 0 radical (unpaired) electrons. The molecule has 2 aromatic carbocycles. The van der Waals surface area contributed by atoms with Crippen LogP contribution in [0, 0.1) is 18.6 Å². The SMILES string of the molecule is Cc1ccc(F)cc1CC1(O)CCc2cc(F)ccc21. The summed E-state index contributed by atoms with van der Waals surface area (Å²) in [4.78, 5) is 0. The number of halogens is 2. The van der Waals surface area contributed by atoms with Crippen molar-refractivity contribution >= 4 is 0 Å². The molecule has 0 amide bonds. The largest absolute Gasteiger partial charge is 0.385 e. The summed E-state index contributed by atoms with van der Waals surface area (Å²) >= 11 is 0.